The molecule has 0 aromatic heterocycles. The van der Waals surface area contributed by atoms with Gasteiger partial charge in [-0.1, -0.05) is 35.9 Å². The molecule has 106 valence electrons. The molecule has 1 N–H and O–H groups in total. The van der Waals surface area contributed by atoms with Crippen LogP contribution in [0.1, 0.15) is 24.1 Å². The van der Waals surface area contributed by atoms with Gasteiger partial charge in [0.05, 0.1) is 12.6 Å². The van der Waals surface area contributed by atoms with Crippen LogP contribution < -0.4 is 4.90 Å². The molecule has 0 bridgehead atoms. The van der Waals surface area contributed by atoms with Crippen LogP contribution in [-0.4, -0.2) is 12.2 Å². The molecule has 2 nitrogen and oxygen atoms in total. The van der Waals surface area contributed by atoms with E-state index in [0.29, 0.717) is 16.1 Å². The van der Waals surface area contributed by atoms with E-state index < -0.39 is 0 Å². The van der Waals surface area contributed by atoms with E-state index in [-0.39, 0.29) is 18.5 Å². The molecule has 2 rings (SSSR count). The molecule has 20 heavy (non-hydrogen) atoms. The van der Waals surface area contributed by atoms with Gasteiger partial charge in [0, 0.05) is 23.3 Å². The van der Waals surface area contributed by atoms with Crippen LogP contribution in [0, 0.1) is 5.82 Å². The summed E-state index contributed by atoms with van der Waals surface area (Å²) in [5.41, 5.74) is 2.20. The lowest BCUT2D eigenvalue weighted by molar-refractivity contribution is 0.282. The summed E-state index contributed by atoms with van der Waals surface area (Å²) in [4.78, 5) is 1.95. The Kier molecular flexibility index (Phi) is 4.63. The second-order valence-electron chi connectivity index (χ2n) is 4.74. The van der Waals surface area contributed by atoms with Gasteiger partial charge in [0.2, 0.25) is 0 Å². The number of anilines is 1. The molecule has 1 unspecified atom stereocenters. The number of rotatable bonds is 4. The maximum absolute atomic E-state index is 13.8. The van der Waals surface area contributed by atoms with Gasteiger partial charge in [0.1, 0.15) is 5.82 Å². The summed E-state index contributed by atoms with van der Waals surface area (Å²) in [5.74, 6) is -0.218. The molecular weight excluding hydrogens is 277 g/mol. The summed E-state index contributed by atoms with van der Waals surface area (Å²) < 4.78 is 13.8. The van der Waals surface area contributed by atoms with E-state index in [0.717, 1.165) is 5.69 Å². The van der Waals surface area contributed by atoms with Crippen molar-refractivity contribution in [3.05, 3.63) is 64.4 Å². The first-order chi connectivity index (χ1) is 9.54. The van der Waals surface area contributed by atoms with Gasteiger partial charge in [-0.3, -0.25) is 0 Å². The molecule has 2 aromatic rings. The van der Waals surface area contributed by atoms with E-state index in [4.69, 9.17) is 16.7 Å². The van der Waals surface area contributed by atoms with Gasteiger partial charge in [0.15, 0.2) is 0 Å². The first-order valence-electron chi connectivity index (χ1n) is 6.41. The van der Waals surface area contributed by atoms with Crippen molar-refractivity contribution in [2.75, 3.05) is 11.9 Å². The fraction of sp³-hybridized carbons (Fsp3) is 0.250. The summed E-state index contributed by atoms with van der Waals surface area (Å²) in [6, 6.07) is 12.1. The van der Waals surface area contributed by atoms with E-state index in [1.165, 1.54) is 6.07 Å². The molecule has 0 heterocycles. The van der Waals surface area contributed by atoms with E-state index in [2.05, 4.69) is 0 Å². The Morgan fingerprint density at radius 3 is 2.55 bits per heavy atom. The van der Waals surface area contributed by atoms with Crippen molar-refractivity contribution >= 4 is 17.3 Å². The smallest absolute Gasteiger partial charge is 0.128 e. The molecule has 0 amide bonds. The highest BCUT2D eigenvalue weighted by Gasteiger charge is 2.16. The van der Waals surface area contributed by atoms with Crippen molar-refractivity contribution < 1.29 is 9.50 Å². The molecule has 0 fully saturated rings. The molecule has 4 heteroatoms. The number of nitrogens with zero attached hydrogens (tertiary/aromatic N) is 1. The third kappa shape index (κ3) is 2.94. The second kappa shape index (κ2) is 6.25. The third-order valence-corrected chi connectivity index (χ3v) is 3.90. The highest BCUT2D eigenvalue weighted by molar-refractivity contribution is 6.31. The summed E-state index contributed by atoms with van der Waals surface area (Å²) >= 11 is 6.09. The van der Waals surface area contributed by atoms with Crippen LogP contribution in [-0.2, 0) is 6.61 Å². The summed E-state index contributed by atoms with van der Waals surface area (Å²) in [5, 5.41) is 9.64. The van der Waals surface area contributed by atoms with Gasteiger partial charge in [-0.05, 0) is 30.7 Å². The largest absolute Gasteiger partial charge is 0.392 e. The lowest BCUT2D eigenvalue weighted by Crippen LogP contribution is -2.22. The molecule has 0 spiro atoms. The summed E-state index contributed by atoms with van der Waals surface area (Å²) in [7, 11) is 1.89. The zero-order chi connectivity index (χ0) is 14.7. The first-order valence-corrected chi connectivity index (χ1v) is 6.79. The number of halogens is 2. The normalized spacial score (nSPS) is 12.2. The molecule has 2 aromatic carbocycles. The van der Waals surface area contributed by atoms with E-state index in [1.54, 1.807) is 24.3 Å². The Morgan fingerprint density at radius 1 is 1.25 bits per heavy atom. The Morgan fingerprint density at radius 2 is 1.95 bits per heavy atom. The average Bonchev–Trinajstić information content (AvgIpc) is 2.46. The lowest BCUT2D eigenvalue weighted by Gasteiger charge is -2.28. The maximum Gasteiger partial charge on any atom is 0.128 e. The van der Waals surface area contributed by atoms with Gasteiger partial charge in [-0.25, -0.2) is 4.39 Å². The van der Waals surface area contributed by atoms with Crippen LogP contribution in [0.5, 0.6) is 0 Å². The quantitative estimate of drug-likeness (QED) is 0.914. The topological polar surface area (TPSA) is 23.5 Å². The van der Waals surface area contributed by atoms with Crippen LogP contribution in [0.25, 0.3) is 0 Å². The second-order valence-corrected chi connectivity index (χ2v) is 5.15. The highest BCUT2D eigenvalue weighted by atomic mass is 35.5. The number of aliphatic hydroxyl groups excluding tert-OH is 1. The summed E-state index contributed by atoms with van der Waals surface area (Å²) in [6.07, 6.45) is 0. The number of aliphatic hydroxyl groups is 1. The molecule has 1 atom stereocenters. The average molecular weight is 294 g/mol. The van der Waals surface area contributed by atoms with Crippen LogP contribution in [0.2, 0.25) is 5.02 Å². The van der Waals surface area contributed by atoms with E-state index in [9.17, 15) is 4.39 Å². The molecule has 0 aliphatic carbocycles. The molecule has 0 aliphatic heterocycles. The van der Waals surface area contributed by atoms with Crippen LogP contribution in [0.15, 0.2) is 42.5 Å². The monoisotopic (exact) mass is 293 g/mol. The minimum Gasteiger partial charge on any atom is -0.392 e. The van der Waals surface area contributed by atoms with Gasteiger partial charge in [-0.2, -0.15) is 0 Å². The lowest BCUT2D eigenvalue weighted by atomic mass is 10.1. The van der Waals surface area contributed by atoms with Crippen molar-refractivity contribution in [2.24, 2.45) is 0 Å². The third-order valence-electron chi connectivity index (χ3n) is 3.55. The zero-order valence-electron chi connectivity index (χ0n) is 11.5. The predicted octanol–water partition coefficient (Wildman–Crippen LogP) is 4.17. The number of hydrogen-bond acceptors (Lipinski definition) is 2. The fourth-order valence-corrected chi connectivity index (χ4v) is 2.36. The Balaban J connectivity index is 2.29. The Hall–Kier alpha value is -1.58. The van der Waals surface area contributed by atoms with Gasteiger partial charge >= 0.3 is 0 Å². The van der Waals surface area contributed by atoms with Crippen LogP contribution in [0.3, 0.4) is 0 Å². The predicted molar refractivity (Wildman–Crippen MR) is 80.6 cm³/mol. The first kappa shape index (κ1) is 14.8. The molecule has 0 aliphatic rings. The SMILES string of the molecule is CC(c1ccccc1F)N(C)c1ccc(CO)c(Cl)c1. The van der Waals surface area contributed by atoms with Crippen molar-refractivity contribution in [3.8, 4) is 0 Å². The molecular formula is C16H17ClFNO. The van der Waals surface area contributed by atoms with E-state index >= 15 is 0 Å². The molecule has 0 saturated heterocycles. The molecule has 0 radical (unpaired) electrons. The number of hydrogen-bond donors (Lipinski definition) is 1. The van der Waals surface area contributed by atoms with Crippen LogP contribution in [0.4, 0.5) is 10.1 Å². The summed E-state index contributed by atoms with van der Waals surface area (Å²) in [6.45, 7) is 1.85. The van der Waals surface area contributed by atoms with Gasteiger partial charge in [0.25, 0.3) is 0 Å². The Bertz CT molecular complexity index is 603. The minimum absolute atomic E-state index is 0.0916. The van der Waals surface area contributed by atoms with Gasteiger partial charge < -0.3 is 10.0 Å². The van der Waals surface area contributed by atoms with Crippen molar-refractivity contribution in [1.29, 1.82) is 0 Å². The van der Waals surface area contributed by atoms with Crippen molar-refractivity contribution in [1.82, 2.24) is 0 Å². The number of benzene rings is 2. The maximum atomic E-state index is 13.8. The van der Waals surface area contributed by atoms with E-state index in [1.807, 2.05) is 31.0 Å². The Labute approximate surface area is 123 Å². The van der Waals surface area contributed by atoms with Crippen LogP contribution >= 0.6 is 11.6 Å². The van der Waals surface area contributed by atoms with Gasteiger partial charge in [-0.15, -0.1) is 0 Å². The fourth-order valence-electron chi connectivity index (χ4n) is 2.13. The minimum atomic E-state index is -0.218. The highest BCUT2D eigenvalue weighted by Crippen LogP contribution is 2.30. The standard InChI is InChI=1S/C16H17ClFNO/c1-11(14-5-3-4-6-16(14)18)19(2)13-8-7-12(10-20)15(17)9-13/h3-9,11,20H,10H2,1-2H3. The van der Waals surface area contributed by atoms with Crippen molar-refractivity contribution in [3.63, 3.8) is 0 Å². The molecule has 0 saturated carbocycles. The van der Waals surface area contributed by atoms with Crippen molar-refractivity contribution in [2.45, 2.75) is 19.6 Å². The zero-order valence-corrected chi connectivity index (χ0v) is 12.2.